The molecule has 0 unspecified atom stereocenters. The number of hydrogen-bond donors (Lipinski definition) is 1. The van der Waals surface area contributed by atoms with Crippen molar-refractivity contribution in [2.75, 3.05) is 29.9 Å². The van der Waals surface area contributed by atoms with Gasteiger partial charge in [0.05, 0.1) is 0 Å². The minimum absolute atomic E-state index is 0.452. The van der Waals surface area contributed by atoms with E-state index in [4.69, 9.17) is 0 Å². The average molecular weight is 421 g/mol. The number of piperidine rings is 1. The first-order chi connectivity index (χ1) is 15.2. The molecule has 1 N–H and O–H groups in total. The number of hydrogen-bond acceptors (Lipinski definition) is 5. The van der Waals surface area contributed by atoms with Gasteiger partial charge in [-0.1, -0.05) is 24.3 Å². The molecule has 1 saturated heterocycles. The fourth-order valence-corrected chi connectivity index (χ4v) is 4.60. The quantitative estimate of drug-likeness (QED) is 0.671. The van der Waals surface area contributed by atoms with E-state index in [9.17, 15) is 8.78 Å². The lowest BCUT2D eigenvalue weighted by atomic mass is 9.95. The van der Waals surface area contributed by atoms with Crippen molar-refractivity contribution in [1.29, 1.82) is 0 Å². The summed E-state index contributed by atoms with van der Waals surface area (Å²) < 4.78 is 26.6. The van der Waals surface area contributed by atoms with E-state index in [1.165, 1.54) is 23.5 Å². The van der Waals surface area contributed by atoms with Gasteiger partial charge >= 0.3 is 0 Å². The van der Waals surface area contributed by atoms with E-state index in [0.717, 1.165) is 63.4 Å². The molecule has 7 heteroatoms. The van der Waals surface area contributed by atoms with Gasteiger partial charge in [0.2, 0.25) is 0 Å². The van der Waals surface area contributed by atoms with Crippen LogP contribution in [0.25, 0.3) is 0 Å². The molecule has 3 aromatic rings. The van der Waals surface area contributed by atoms with Gasteiger partial charge in [-0.05, 0) is 42.5 Å². The topological polar surface area (TPSA) is 44.3 Å². The lowest BCUT2D eigenvalue weighted by molar-refractivity contribution is 0.153. The molecular weight excluding hydrogens is 396 g/mol. The second kappa shape index (κ2) is 8.59. The van der Waals surface area contributed by atoms with Crippen LogP contribution in [0.5, 0.6) is 0 Å². The smallest absolute Gasteiger partial charge is 0.160 e. The van der Waals surface area contributed by atoms with Gasteiger partial charge in [0.1, 0.15) is 18.0 Å². The number of anilines is 3. The molecule has 0 atom stereocenters. The summed E-state index contributed by atoms with van der Waals surface area (Å²) in [5.74, 6) is -0.344. The molecule has 3 heterocycles. The molecule has 5 nitrogen and oxygen atoms in total. The van der Waals surface area contributed by atoms with Gasteiger partial charge in [-0.15, -0.1) is 0 Å². The van der Waals surface area contributed by atoms with Gasteiger partial charge in [-0.2, -0.15) is 0 Å². The standard InChI is InChI=1S/C24H25F2N5/c25-21-6-5-19(13-22(21)26)29-23-14-24(28-16-27-23)30-11-8-20(9-12-30)31-10-7-17-3-1-2-4-18(17)15-31/h1-6,13-14,16,20H,7-12,15H2,(H,27,28,29). The number of nitrogens with zero attached hydrogens (tertiary/aromatic N) is 4. The summed E-state index contributed by atoms with van der Waals surface area (Å²) in [7, 11) is 0. The monoisotopic (exact) mass is 421 g/mol. The maximum absolute atomic E-state index is 13.5. The van der Waals surface area contributed by atoms with Crippen LogP contribution in [0.1, 0.15) is 24.0 Å². The van der Waals surface area contributed by atoms with Crippen LogP contribution in [0.3, 0.4) is 0 Å². The van der Waals surface area contributed by atoms with Crippen LogP contribution in [-0.4, -0.2) is 40.5 Å². The lowest BCUT2D eigenvalue weighted by Crippen LogP contribution is -2.46. The second-order valence-corrected chi connectivity index (χ2v) is 8.22. The van der Waals surface area contributed by atoms with Crippen molar-refractivity contribution in [2.24, 2.45) is 0 Å². The van der Waals surface area contributed by atoms with Gasteiger partial charge in [0.25, 0.3) is 0 Å². The molecule has 0 saturated carbocycles. The summed E-state index contributed by atoms with van der Waals surface area (Å²) in [5, 5.41) is 3.03. The van der Waals surface area contributed by atoms with E-state index in [-0.39, 0.29) is 0 Å². The highest BCUT2D eigenvalue weighted by atomic mass is 19.2. The fourth-order valence-electron chi connectivity index (χ4n) is 4.60. The Balaban J connectivity index is 1.21. The highest BCUT2D eigenvalue weighted by molar-refractivity contribution is 5.59. The molecule has 0 aliphatic carbocycles. The van der Waals surface area contributed by atoms with E-state index in [1.54, 1.807) is 0 Å². The minimum Gasteiger partial charge on any atom is -0.356 e. The number of halogens is 2. The van der Waals surface area contributed by atoms with E-state index in [1.807, 2.05) is 6.07 Å². The molecule has 0 radical (unpaired) electrons. The van der Waals surface area contributed by atoms with Crippen molar-refractivity contribution in [2.45, 2.75) is 31.8 Å². The summed E-state index contributed by atoms with van der Waals surface area (Å²) in [6.45, 7) is 4.03. The Morgan fingerprint density at radius 1 is 0.871 bits per heavy atom. The third-order valence-corrected chi connectivity index (χ3v) is 6.31. The van der Waals surface area contributed by atoms with Crippen molar-refractivity contribution in [3.05, 3.63) is 77.6 Å². The molecule has 2 aromatic carbocycles. The molecule has 160 valence electrons. The first-order valence-electron chi connectivity index (χ1n) is 10.8. The van der Waals surface area contributed by atoms with E-state index in [0.29, 0.717) is 17.5 Å². The van der Waals surface area contributed by atoms with Crippen molar-refractivity contribution < 1.29 is 8.78 Å². The third kappa shape index (κ3) is 4.37. The van der Waals surface area contributed by atoms with E-state index < -0.39 is 11.6 Å². The first kappa shape index (κ1) is 19.9. The second-order valence-electron chi connectivity index (χ2n) is 8.22. The van der Waals surface area contributed by atoms with Crippen LogP contribution in [0.4, 0.5) is 26.1 Å². The van der Waals surface area contributed by atoms with Crippen LogP contribution in [-0.2, 0) is 13.0 Å². The fraction of sp³-hybridized carbons (Fsp3) is 0.333. The summed E-state index contributed by atoms with van der Waals surface area (Å²) in [5.41, 5.74) is 3.39. The first-order valence-corrected chi connectivity index (χ1v) is 10.8. The molecule has 0 bridgehead atoms. The normalized spacial score (nSPS) is 17.4. The Labute approximate surface area is 180 Å². The summed E-state index contributed by atoms with van der Waals surface area (Å²) in [4.78, 5) is 13.5. The Bertz CT molecular complexity index is 1070. The maximum Gasteiger partial charge on any atom is 0.160 e. The Kier molecular flexibility index (Phi) is 5.51. The van der Waals surface area contributed by atoms with Crippen molar-refractivity contribution in [3.63, 3.8) is 0 Å². The van der Waals surface area contributed by atoms with Gasteiger partial charge in [0, 0.05) is 50.0 Å². The number of aromatic nitrogens is 2. The zero-order valence-electron chi connectivity index (χ0n) is 17.3. The molecule has 1 fully saturated rings. The third-order valence-electron chi connectivity index (χ3n) is 6.31. The number of fused-ring (bicyclic) bond motifs is 1. The number of rotatable bonds is 4. The largest absolute Gasteiger partial charge is 0.356 e. The maximum atomic E-state index is 13.5. The van der Waals surface area contributed by atoms with Crippen molar-refractivity contribution >= 4 is 17.3 Å². The molecular formula is C24H25F2N5. The van der Waals surface area contributed by atoms with Crippen LogP contribution >= 0.6 is 0 Å². The molecule has 2 aliphatic heterocycles. The minimum atomic E-state index is -0.887. The van der Waals surface area contributed by atoms with E-state index in [2.05, 4.69) is 49.4 Å². The highest BCUT2D eigenvalue weighted by Gasteiger charge is 2.27. The summed E-state index contributed by atoms with van der Waals surface area (Å²) in [6, 6.07) is 14.9. The predicted molar refractivity (Wildman–Crippen MR) is 117 cm³/mol. The van der Waals surface area contributed by atoms with Gasteiger partial charge < -0.3 is 10.2 Å². The summed E-state index contributed by atoms with van der Waals surface area (Å²) >= 11 is 0. The predicted octanol–water partition coefficient (Wildman–Crippen LogP) is 4.53. The van der Waals surface area contributed by atoms with Crippen molar-refractivity contribution in [1.82, 2.24) is 14.9 Å². The molecule has 1 aromatic heterocycles. The lowest BCUT2D eigenvalue weighted by Gasteiger charge is -2.41. The Morgan fingerprint density at radius 3 is 2.48 bits per heavy atom. The van der Waals surface area contributed by atoms with Crippen LogP contribution in [0.15, 0.2) is 54.9 Å². The zero-order chi connectivity index (χ0) is 21.2. The SMILES string of the molecule is Fc1ccc(Nc2cc(N3CCC(N4CCc5ccccc5C4)CC3)ncn2)cc1F. The molecule has 2 aliphatic rings. The van der Waals surface area contributed by atoms with Gasteiger partial charge in [0.15, 0.2) is 11.6 Å². The van der Waals surface area contributed by atoms with Crippen LogP contribution < -0.4 is 10.2 Å². The van der Waals surface area contributed by atoms with Gasteiger partial charge in [-0.25, -0.2) is 18.7 Å². The summed E-state index contributed by atoms with van der Waals surface area (Å²) in [6.07, 6.45) is 4.82. The Hall–Kier alpha value is -3.06. The molecule has 31 heavy (non-hydrogen) atoms. The van der Waals surface area contributed by atoms with Crippen LogP contribution in [0.2, 0.25) is 0 Å². The molecule has 5 rings (SSSR count). The molecule has 0 spiro atoms. The molecule has 0 amide bonds. The van der Waals surface area contributed by atoms with Crippen LogP contribution in [0, 0.1) is 11.6 Å². The van der Waals surface area contributed by atoms with E-state index >= 15 is 0 Å². The number of benzene rings is 2. The number of nitrogens with one attached hydrogen (secondary N) is 1. The highest BCUT2D eigenvalue weighted by Crippen LogP contribution is 2.27. The zero-order valence-corrected chi connectivity index (χ0v) is 17.3. The van der Waals surface area contributed by atoms with Gasteiger partial charge in [-0.3, -0.25) is 4.90 Å². The Morgan fingerprint density at radius 2 is 1.68 bits per heavy atom. The average Bonchev–Trinajstić information content (AvgIpc) is 2.81. The van der Waals surface area contributed by atoms with Crippen molar-refractivity contribution in [3.8, 4) is 0 Å².